The Morgan fingerprint density at radius 1 is 1.13 bits per heavy atom. The van der Waals surface area contributed by atoms with Crippen molar-refractivity contribution in [3.8, 4) is 17.3 Å². The third-order valence-electron chi connectivity index (χ3n) is 4.60. The third kappa shape index (κ3) is 3.38. The van der Waals surface area contributed by atoms with E-state index in [-0.39, 0.29) is 0 Å². The number of fused-ring (bicyclic) bond motifs is 1. The van der Waals surface area contributed by atoms with Crippen molar-refractivity contribution in [2.45, 2.75) is 6.42 Å². The first kappa shape index (κ1) is 18.0. The Bertz CT molecular complexity index is 1390. The highest BCUT2D eigenvalue weighted by atomic mass is 32.1. The summed E-state index contributed by atoms with van der Waals surface area (Å²) in [6, 6.07) is 13.6. The number of thiophene rings is 1. The molecule has 0 saturated carbocycles. The Balaban J connectivity index is 1.42. The van der Waals surface area contributed by atoms with Gasteiger partial charge < -0.3 is 5.32 Å². The van der Waals surface area contributed by atoms with Crippen molar-refractivity contribution in [2.75, 3.05) is 5.32 Å². The van der Waals surface area contributed by atoms with E-state index in [1.165, 1.54) is 11.3 Å². The molecule has 0 aliphatic carbocycles. The lowest BCUT2D eigenvalue weighted by molar-refractivity contribution is 0.775. The first-order valence-electron chi connectivity index (χ1n) is 9.10. The molecule has 0 aliphatic heterocycles. The van der Waals surface area contributed by atoms with Crippen LogP contribution in [-0.2, 0) is 13.5 Å². The van der Waals surface area contributed by atoms with Gasteiger partial charge in [-0.25, -0.2) is 9.97 Å². The first-order chi connectivity index (χ1) is 14.7. The maximum Gasteiger partial charge on any atom is 0.228 e. The predicted octanol–water partition coefficient (Wildman–Crippen LogP) is 3.19. The molecule has 0 saturated heterocycles. The minimum atomic E-state index is 0.490. The molecule has 146 valence electrons. The number of aryl methyl sites for hydroxylation is 1. The molecule has 30 heavy (non-hydrogen) atoms. The third-order valence-corrected chi connectivity index (χ3v) is 5.59. The summed E-state index contributed by atoms with van der Waals surface area (Å²) in [5, 5.41) is 24.9. The monoisotopic (exact) mass is 413 g/mol. The van der Waals surface area contributed by atoms with Crippen LogP contribution in [0.25, 0.3) is 16.9 Å². The minimum Gasteiger partial charge on any atom is -0.309 e. The zero-order valence-corrected chi connectivity index (χ0v) is 16.7. The summed E-state index contributed by atoms with van der Waals surface area (Å²) in [5.41, 5.74) is 2.43. The van der Waals surface area contributed by atoms with Crippen LogP contribution in [0.5, 0.6) is 0 Å². The van der Waals surface area contributed by atoms with Crippen LogP contribution in [0.4, 0.5) is 11.8 Å². The number of hydrogen-bond acceptors (Lipinski definition) is 8. The smallest absolute Gasteiger partial charge is 0.228 e. The van der Waals surface area contributed by atoms with Gasteiger partial charge in [0.05, 0.1) is 11.9 Å². The minimum absolute atomic E-state index is 0.490. The maximum atomic E-state index is 9.00. The van der Waals surface area contributed by atoms with Gasteiger partial charge in [0.15, 0.2) is 5.65 Å². The van der Waals surface area contributed by atoms with Crippen molar-refractivity contribution in [3.05, 3.63) is 70.6 Å². The molecule has 0 aliphatic rings. The molecule has 5 rings (SSSR count). The Morgan fingerprint density at radius 3 is 2.87 bits per heavy atom. The van der Waals surface area contributed by atoms with Crippen LogP contribution in [0.2, 0.25) is 0 Å². The van der Waals surface area contributed by atoms with Crippen molar-refractivity contribution in [2.24, 2.45) is 7.05 Å². The van der Waals surface area contributed by atoms with E-state index in [2.05, 4.69) is 36.7 Å². The zero-order chi connectivity index (χ0) is 20.5. The van der Waals surface area contributed by atoms with E-state index in [4.69, 9.17) is 5.26 Å². The topological polar surface area (TPSA) is 110 Å². The summed E-state index contributed by atoms with van der Waals surface area (Å²) in [5.74, 6) is 2.12. The second kappa shape index (κ2) is 7.38. The molecule has 5 aromatic heterocycles. The fraction of sp³-hybridized carbons (Fsp3) is 0.100. The molecular weight excluding hydrogens is 398 g/mol. The van der Waals surface area contributed by atoms with Gasteiger partial charge in [-0.1, -0.05) is 0 Å². The van der Waals surface area contributed by atoms with Gasteiger partial charge in [0, 0.05) is 42.4 Å². The number of rotatable bonds is 5. The van der Waals surface area contributed by atoms with Crippen LogP contribution in [0, 0.1) is 11.3 Å². The summed E-state index contributed by atoms with van der Waals surface area (Å²) in [4.78, 5) is 10.7. The molecule has 0 fully saturated rings. The normalized spacial score (nSPS) is 10.9. The summed E-state index contributed by atoms with van der Waals surface area (Å²) in [6.45, 7) is 0. The highest BCUT2D eigenvalue weighted by Crippen LogP contribution is 2.23. The van der Waals surface area contributed by atoms with Gasteiger partial charge in [0.1, 0.15) is 22.6 Å². The number of nitrogens with one attached hydrogen (secondary N) is 1. The Labute approximate surface area is 175 Å². The SMILES string of the molecule is Cn1nccc1Nc1nccc(-c2ccn3c(Cc4ccc(C#N)s4)nnc3c2)n1. The predicted molar refractivity (Wildman–Crippen MR) is 112 cm³/mol. The van der Waals surface area contributed by atoms with Gasteiger partial charge in [0.2, 0.25) is 5.95 Å². The highest BCUT2D eigenvalue weighted by molar-refractivity contribution is 7.12. The molecule has 0 amide bonds. The Hall–Kier alpha value is -4.10. The van der Waals surface area contributed by atoms with Crippen LogP contribution in [0.15, 0.2) is 55.0 Å². The second-order valence-corrected chi connectivity index (χ2v) is 7.71. The molecule has 0 atom stereocenters. The van der Waals surface area contributed by atoms with Crippen LogP contribution < -0.4 is 5.32 Å². The average Bonchev–Trinajstić information content (AvgIpc) is 3.49. The van der Waals surface area contributed by atoms with E-state index in [0.29, 0.717) is 17.2 Å². The number of hydrogen-bond donors (Lipinski definition) is 1. The van der Waals surface area contributed by atoms with E-state index in [1.54, 1.807) is 17.1 Å². The molecule has 0 aromatic carbocycles. The van der Waals surface area contributed by atoms with Crippen molar-refractivity contribution >= 4 is 28.8 Å². The molecule has 0 spiro atoms. The maximum absolute atomic E-state index is 9.00. The number of anilines is 2. The van der Waals surface area contributed by atoms with Gasteiger partial charge in [0.25, 0.3) is 0 Å². The zero-order valence-electron chi connectivity index (χ0n) is 15.9. The van der Waals surface area contributed by atoms with Gasteiger partial charge in [-0.3, -0.25) is 9.08 Å². The number of pyridine rings is 1. The average molecular weight is 413 g/mol. The summed E-state index contributed by atoms with van der Waals surface area (Å²) in [6.07, 6.45) is 5.98. The lowest BCUT2D eigenvalue weighted by Gasteiger charge is -2.07. The van der Waals surface area contributed by atoms with Gasteiger partial charge in [-0.05, 0) is 30.3 Å². The molecule has 0 bridgehead atoms. The molecule has 5 aromatic rings. The second-order valence-electron chi connectivity index (χ2n) is 6.54. The van der Waals surface area contributed by atoms with Gasteiger partial charge in [-0.2, -0.15) is 10.4 Å². The lowest BCUT2D eigenvalue weighted by Crippen LogP contribution is -2.03. The van der Waals surface area contributed by atoms with E-state index in [9.17, 15) is 0 Å². The first-order valence-corrected chi connectivity index (χ1v) is 9.92. The fourth-order valence-electron chi connectivity index (χ4n) is 3.10. The fourth-order valence-corrected chi connectivity index (χ4v) is 3.90. The number of nitrogens with zero attached hydrogens (tertiary/aromatic N) is 8. The lowest BCUT2D eigenvalue weighted by atomic mass is 10.2. The quantitative estimate of drug-likeness (QED) is 0.471. The Morgan fingerprint density at radius 2 is 2.07 bits per heavy atom. The van der Waals surface area contributed by atoms with Crippen molar-refractivity contribution in [1.29, 1.82) is 5.26 Å². The van der Waals surface area contributed by atoms with Crippen LogP contribution in [0.1, 0.15) is 15.6 Å². The van der Waals surface area contributed by atoms with Crippen molar-refractivity contribution in [1.82, 2.24) is 34.3 Å². The van der Waals surface area contributed by atoms with Crippen molar-refractivity contribution in [3.63, 3.8) is 0 Å². The number of aromatic nitrogens is 7. The van der Waals surface area contributed by atoms with Crippen LogP contribution in [-0.4, -0.2) is 34.3 Å². The van der Waals surface area contributed by atoms with E-state index in [0.717, 1.165) is 33.4 Å². The van der Waals surface area contributed by atoms with E-state index >= 15 is 0 Å². The van der Waals surface area contributed by atoms with Gasteiger partial charge in [-0.15, -0.1) is 21.5 Å². The summed E-state index contributed by atoms with van der Waals surface area (Å²) >= 11 is 1.47. The Kier molecular flexibility index (Phi) is 4.42. The molecule has 1 N–H and O–H groups in total. The molecule has 5 heterocycles. The largest absolute Gasteiger partial charge is 0.309 e. The molecule has 0 radical (unpaired) electrons. The number of nitriles is 1. The standard InChI is InChI=1S/C20H15N9S/c1-28-17(5-8-23-28)25-20-22-7-4-16(24-20)13-6-9-29-18(10-13)26-27-19(29)11-14-2-3-15(12-21)30-14/h2-10H,11H2,1H3,(H,22,24,25). The summed E-state index contributed by atoms with van der Waals surface area (Å²) < 4.78 is 3.66. The van der Waals surface area contributed by atoms with Crippen LogP contribution in [0.3, 0.4) is 0 Å². The van der Waals surface area contributed by atoms with Gasteiger partial charge >= 0.3 is 0 Å². The van der Waals surface area contributed by atoms with Crippen molar-refractivity contribution < 1.29 is 0 Å². The summed E-state index contributed by atoms with van der Waals surface area (Å²) in [7, 11) is 1.85. The van der Waals surface area contributed by atoms with E-state index in [1.807, 2.05) is 54.0 Å². The highest BCUT2D eigenvalue weighted by Gasteiger charge is 2.11. The van der Waals surface area contributed by atoms with Crippen LogP contribution >= 0.6 is 11.3 Å². The molecule has 10 heteroatoms. The molecule has 9 nitrogen and oxygen atoms in total. The molecule has 0 unspecified atom stereocenters. The van der Waals surface area contributed by atoms with E-state index < -0.39 is 0 Å². The molecular formula is C20H15N9S.